The molecule has 0 aromatic heterocycles. The zero-order valence-electron chi connectivity index (χ0n) is 21.7. The molecule has 5 rings (SSSR count). The van der Waals surface area contributed by atoms with Gasteiger partial charge >= 0.3 is 0 Å². The van der Waals surface area contributed by atoms with Crippen LogP contribution in [-0.4, -0.2) is 38.1 Å². The van der Waals surface area contributed by atoms with Gasteiger partial charge in [0.15, 0.2) is 0 Å². The summed E-state index contributed by atoms with van der Waals surface area (Å²) in [7, 11) is 0. The van der Waals surface area contributed by atoms with Gasteiger partial charge in [-0.2, -0.15) is 0 Å². The average Bonchev–Trinajstić information content (AvgIpc) is 2.97. The summed E-state index contributed by atoms with van der Waals surface area (Å²) in [5, 5.41) is 5.80. The fourth-order valence-electron chi connectivity index (χ4n) is 4.59. The summed E-state index contributed by atoms with van der Waals surface area (Å²) in [5.74, 6) is -0.766. The summed E-state index contributed by atoms with van der Waals surface area (Å²) in [6.45, 7) is 5.39. The van der Waals surface area contributed by atoms with Crippen molar-refractivity contribution < 1.29 is 18.7 Å². The summed E-state index contributed by atoms with van der Waals surface area (Å²) >= 11 is 0. The molecule has 1 aliphatic rings. The second-order valence-electron chi connectivity index (χ2n) is 9.52. The van der Waals surface area contributed by atoms with Crippen LogP contribution in [0.4, 0.5) is 15.8 Å². The molecular weight excluding hydrogens is 493 g/mol. The summed E-state index contributed by atoms with van der Waals surface area (Å²) in [5.41, 5.74) is 6.42. The Balaban J connectivity index is 1.24. The number of amides is 2. The zero-order valence-corrected chi connectivity index (χ0v) is 21.7. The highest BCUT2D eigenvalue weighted by atomic mass is 19.1. The number of rotatable bonds is 7. The van der Waals surface area contributed by atoms with Gasteiger partial charge in [0.1, 0.15) is 5.82 Å². The molecule has 0 bridgehead atoms. The van der Waals surface area contributed by atoms with Crippen molar-refractivity contribution >= 4 is 23.2 Å². The molecule has 1 aliphatic heterocycles. The van der Waals surface area contributed by atoms with E-state index in [0.29, 0.717) is 16.7 Å². The van der Waals surface area contributed by atoms with Crippen molar-refractivity contribution in [1.29, 1.82) is 0 Å². The van der Waals surface area contributed by atoms with Crippen LogP contribution in [0.3, 0.4) is 0 Å². The van der Waals surface area contributed by atoms with Crippen molar-refractivity contribution in [3.8, 4) is 11.1 Å². The largest absolute Gasteiger partial charge is 0.378 e. The van der Waals surface area contributed by atoms with Crippen LogP contribution in [0.1, 0.15) is 31.8 Å². The Morgan fingerprint density at radius 1 is 0.846 bits per heavy atom. The van der Waals surface area contributed by atoms with Crippen molar-refractivity contribution in [2.24, 2.45) is 0 Å². The summed E-state index contributed by atoms with van der Waals surface area (Å²) in [6, 6.07) is 26.8. The van der Waals surface area contributed by atoms with Crippen LogP contribution in [0.5, 0.6) is 0 Å². The lowest BCUT2D eigenvalue weighted by Crippen LogP contribution is -2.36. The Kier molecular flexibility index (Phi) is 7.99. The second kappa shape index (κ2) is 11.9. The Morgan fingerprint density at radius 2 is 1.56 bits per heavy atom. The van der Waals surface area contributed by atoms with Gasteiger partial charge < -0.3 is 20.3 Å². The molecular formula is C32H30FN3O3. The van der Waals surface area contributed by atoms with Crippen LogP contribution < -0.4 is 15.5 Å². The predicted octanol–water partition coefficient (Wildman–Crippen LogP) is 5.82. The van der Waals surface area contributed by atoms with Gasteiger partial charge in [-0.3, -0.25) is 9.59 Å². The fourth-order valence-corrected chi connectivity index (χ4v) is 4.59. The van der Waals surface area contributed by atoms with Gasteiger partial charge in [0.25, 0.3) is 11.8 Å². The zero-order chi connectivity index (χ0) is 27.2. The van der Waals surface area contributed by atoms with Crippen LogP contribution in [0.25, 0.3) is 11.1 Å². The number of halogens is 1. The number of carbonyl (C=O) groups is 2. The van der Waals surface area contributed by atoms with E-state index in [9.17, 15) is 14.0 Å². The minimum Gasteiger partial charge on any atom is -0.378 e. The highest BCUT2D eigenvalue weighted by Gasteiger charge is 2.13. The third-order valence-electron chi connectivity index (χ3n) is 6.80. The number of aryl methyl sites for hydroxylation is 1. The summed E-state index contributed by atoms with van der Waals surface area (Å²) in [6.07, 6.45) is 0. The maximum absolute atomic E-state index is 13.4. The third kappa shape index (κ3) is 6.51. The molecule has 0 aliphatic carbocycles. The first kappa shape index (κ1) is 26.1. The molecule has 198 valence electrons. The first-order valence-corrected chi connectivity index (χ1v) is 12.9. The number of anilines is 2. The molecule has 1 heterocycles. The maximum atomic E-state index is 13.4. The smallest absolute Gasteiger partial charge is 0.255 e. The van der Waals surface area contributed by atoms with Gasteiger partial charge in [-0.15, -0.1) is 0 Å². The molecule has 0 unspecified atom stereocenters. The normalized spacial score (nSPS) is 13.1. The molecule has 0 saturated carbocycles. The van der Waals surface area contributed by atoms with E-state index in [1.807, 2.05) is 61.5 Å². The number of benzene rings is 4. The monoisotopic (exact) mass is 523 g/mol. The Morgan fingerprint density at radius 3 is 2.28 bits per heavy atom. The van der Waals surface area contributed by atoms with Gasteiger partial charge in [0.05, 0.1) is 13.2 Å². The number of nitrogens with zero attached hydrogens (tertiary/aromatic N) is 1. The van der Waals surface area contributed by atoms with Crippen LogP contribution in [0, 0.1) is 12.7 Å². The quantitative estimate of drug-likeness (QED) is 0.320. The van der Waals surface area contributed by atoms with Crippen LogP contribution in [0.2, 0.25) is 0 Å². The highest BCUT2D eigenvalue weighted by Crippen LogP contribution is 2.26. The molecule has 0 atom stereocenters. The molecule has 4 aromatic carbocycles. The van der Waals surface area contributed by atoms with Gasteiger partial charge in [-0.05, 0) is 89.8 Å². The predicted molar refractivity (Wildman–Crippen MR) is 152 cm³/mol. The second-order valence-corrected chi connectivity index (χ2v) is 9.52. The Bertz CT molecular complexity index is 1460. The molecule has 0 spiro atoms. The van der Waals surface area contributed by atoms with Crippen molar-refractivity contribution in [3.05, 3.63) is 119 Å². The minimum absolute atomic E-state index is 0.191. The maximum Gasteiger partial charge on any atom is 0.255 e. The SMILES string of the molecule is Cc1ccc(C(=O)Nc2ccc(N3CCOCC3)cc2)cc1-c1ccc(C(=O)NCc2cccc(F)c2)cc1. The molecule has 2 amide bonds. The van der Waals surface area contributed by atoms with Crippen LogP contribution in [-0.2, 0) is 11.3 Å². The number of hydrogen-bond acceptors (Lipinski definition) is 4. The lowest BCUT2D eigenvalue weighted by molar-refractivity contribution is 0.0950. The molecule has 0 radical (unpaired) electrons. The molecule has 1 saturated heterocycles. The lowest BCUT2D eigenvalue weighted by Gasteiger charge is -2.28. The molecule has 2 N–H and O–H groups in total. The van der Waals surface area contributed by atoms with E-state index in [-0.39, 0.29) is 24.2 Å². The number of hydrogen-bond donors (Lipinski definition) is 2. The first-order valence-electron chi connectivity index (χ1n) is 12.9. The van der Waals surface area contributed by atoms with E-state index in [4.69, 9.17) is 4.74 Å². The lowest BCUT2D eigenvalue weighted by atomic mass is 9.97. The summed E-state index contributed by atoms with van der Waals surface area (Å²) < 4.78 is 18.8. The first-order chi connectivity index (χ1) is 19.0. The van der Waals surface area contributed by atoms with Gasteiger partial charge in [-0.25, -0.2) is 4.39 Å². The van der Waals surface area contributed by atoms with E-state index < -0.39 is 0 Å². The van der Waals surface area contributed by atoms with Crippen LogP contribution in [0.15, 0.2) is 91.0 Å². The topological polar surface area (TPSA) is 70.7 Å². The van der Waals surface area contributed by atoms with E-state index in [1.165, 1.54) is 12.1 Å². The van der Waals surface area contributed by atoms with E-state index in [0.717, 1.165) is 54.4 Å². The molecule has 6 nitrogen and oxygen atoms in total. The van der Waals surface area contributed by atoms with E-state index in [2.05, 4.69) is 15.5 Å². The fraction of sp³-hybridized carbons (Fsp3) is 0.188. The number of ether oxygens (including phenoxy) is 1. The molecule has 7 heteroatoms. The number of morpholine rings is 1. The minimum atomic E-state index is -0.334. The van der Waals surface area contributed by atoms with Gasteiger partial charge in [-0.1, -0.05) is 30.3 Å². The Labute approximate surface area is 227 Å². The molecule has 1 fully saturated rings. The summed E-state index contributed by atoms with van der Waals surface area (Å²) in [4.78, 5) is 27.9. The standard InChI is InChI=1S/C32H30FN3O3/c1-22-5-6-26(32(38)35-28-11-13-29(14-12-28)36-15-17-39-18-16-36)20-30(22)24-7-9-25(10-8-24)31(37)34-21-23-3-2-4-27(33)19-23/h2-14,19-20H,15-18,21H2,1H3,(H,34,37)(H,35,38). The van der Waals surface area contributed by atoms with Crippen LogP contribution >= 0.6 is 0 Å². The van der Waals surface area contributed by atoms with E-state index in [1.54, 1.807) is 24.3 Å². The van der Waals surface area contributed by atoms with E-state index >= 15 is 0 Å². The molecule has 4 aromatic rings. The van der Waals surface area contributed by atoms with Crippen molar-refractivity contribution in [2.75, 3.05) is 36.5 Å². The highest BCUT2D eigenvalue weighted by molar-refractivity contribution is 6.05. The number of nitrogens with one attached hydrogen (secondary N) is 2. The Hall–Kier alpha value is -4.49. The van der Waals surface area contributed by atoms with Crippen molar-refractivity contribution in [3.63, 3.8) is 0 Å². The number of carbonyl (C=O) groups excluding carboxylic acids is 2. The van der Waals surface area contributed by atoms with Crippen molar-refractivity contribution in [2.45, 2.75) is 13.5 Å². The van der Waals surface area contributed by atoms with Crippen molar-refractivity contribution in [1.82, 2.24) is 5.32 Å². The van der Waals surface area contributed by atoms with Gasteiger partial charge in [0.2, 0.25) is 0 Å². The molecule has 39 heavy (non-hydrogen) atoms. The average molecular weight is 524 g/mol. The third-order valence-corrected chi connectivity index (χ3v) is 6.80. The van der Waals surface area contributed by atoms with Gasteiger partial charge in [0, 0.05) is 42.1 Å².